The predicted octanol–water partition coefficient (Wildman–Crippen LogP) is 2.73. The van der Waals surface area contributed by atoms with Gasteiger partial charge in [0, 0.05) is 62.8 Å². The van der Waals surface area contributed by atoms with Gasteiger partial charge in [-0.25, -0.2) is 4.79 Å². The molecule has 144 valence electrons. The van der Waals surface area contributed by atoms with Crippen molar-refractivity contribution in [1.29, 1.82) is 0 Å². The van der Waals surface area contributed by atoms with Gasteiger partial charge in [0.2, 0.25) is 0 Å². The number of nitrogens with zero attached hydrogens (tertiary/aromatic N) is 3. The molecular weight excluding hydrogens is 344 g/mol. The van der Waals surface area contributed by atoms with Crippen LogP contribution < -0.4 is 10.2 Å². The van der Waals surface area contributed by atoms with Crippen LogP contribution in [0.4, 0.5) is 10.5 Å². The molecule has 1 unspecified atom stereocenters. The number of amides is 2. The summed E-state index contributed by atoms with van der Waals surface area (Å²) in [5, 5.41) is 3.29. The van der Waals surface area contributed by atoms with Crippen molar-refractivity contribution in [3.63, 3.8) is 0 Å². The average molecular weight is 377 g/mol. The standard InChI is InChI=1S/C20H32N4OS/c1-17-16-23(19-6-4-3-5-7-19)12-13-24(17)20(25)21-18-8-10-22(11-9-18)14-15-26-2/h3-7,17-18H,8-16H2,1-2H3,(H,21,25). The monoisotopic (exact) mass is 376 g/mol. The van der Waals surface area contributed by atoms with Gasteiger partial charge in [0.05, 0.1) is 0 Å². The molecule has 2 amide bonds. The van der Waals surface area contributed by atoms with Crippen LogP contribution >= 0.6 is 11.8 Å². The van der Waals surface area contributed by atoms with Gasteiger partial charge in [-0.15, -0.1) is 0 Å². The first-order valence-corrected chi connectivity index (χ1v) is 11.1. The molecule has 0 bridgehead atoms. The molecule has 0 aromatic heterocycles. The van der Waals surface area contributed by atoms with E-state index in [0.29, 0.717) is 6.04 Å². The van der Waals surface area contributed by atoms with Crippen molar-refractivity contribution in [2.24, 2.45) is 0 Å². The third-order valence-electron chi connectivity index (χ3n) is 5.54. The molecule has 2 saturated heterocycles. The highest BCUT2D eigenvalue weighted by Gasteiger charge is 2.29. The van der Waals surface area contributed by atoms with Crippen molar-refractivity contribution in [3.8, 4) is 0 Å². The molecule has 1 aromatic rings. The first kappa shape index (κ1) is 19.4. The van der Waals surface area contributed by atoms with E-state index in [2.05, 4.69) is 52.6 Å². The molecular formula is C20H32N4OS. The van der Waals surface area contributed by atoms with Crippen LogP contribution in [0.3, 0.4) is 0 Å². The second kappa shape index (κ2) is 9.51. The van der Waals surface area contributed by atoms with Crippen LogP contribution in [0.15, 0.2) is 30.3 Å². The van der Waals surface area contributed by atoms with Gasteiger partial charge < -0.3 is 20.0 Å². The first-order valence-electron chi connectivity index (χ1n) is 9.76. The zero-order valence-electron chi connectivity index (χ0n) is 16.1. The molecule has 2 aliphatic rings. The quantitative estimate of drug-likeness (QED) is 0.858. The number of likely N-dealkylation sites (tertiary alicyclic amines) is 1. The maximum Gasteiger partial charge on any atom is 0.317 e. The number of benzene rings is 1. The normalized spacial score (nSPS) is 22.5. The number of carbonyl (C=O) groups is 1. The van der Waals surface area contributed by atoms with E-state index in [4.69, 9.17) is 0 Å². The molecule has 1 N–H and O–H groups in total. The third kappa shape index (κ3) is 5.07. The van der Waals surface area contributed by atoms with E-state index in [1.54, 1.807) is 0 Å². The van der Waals surface area contributed by atoms with E-state index in [-0.39, 0.29) is 12.1 Å². The summed E-state index contributed by atoms with van der Waals surface area (Å²) < 4.78 is 0. The second-order valence-electron chi connectivity index (χ2n) is 7.38. The van der Waals surface area contributed by atoms with Gasteiger partial charge in [-0.3, -0.25) is 0 Å². The topological polar surface area (TPSA) is 38.8 Å². The highest BCUT2D eigenvalue weighted by atomic mass is 32.2. The Morgan fingerprint density at radius 2 is 1.88 bits per heavy atom. The average Bonchev–Trinajstić information content (AvgIpc) is 2.68. The number of hydrogen-bond donors (Lipinski definition) is 1. The number of piperazine rings is 1. The molecule has 1 atom stereocenters. The molecule has 3 rings (SSSR count). The smallest absolute Gasteiger partial charge is 0.317 e. The summed E-state index contributed by atoms with van der Waals surface area (Å²) in [6.45, 7) is 8.10. The number of piperidine rings is 1. The Labute approximate surface area is 162 Å². The number of urea groups is 1. The molecule has 26 heavy (non-hydrogen) atoms. The van der Waals surface area contributed by atoms with Crippen molar-refractivity contribution in [1.82, 2.24) is 15.1 Å². The molecule has 0 radical (unpaired) electrons. The zero-order chi connectivity index (χ0) is 18.4. The van der Waals surface area contributed by atoms with E-state index in [1.807, 2.05) is 22.7 Å². The summed E-state index contributed by atoms with van der Waals surface area (Å²) in [6, 6.07) is 11.2. The summed E-state index contributed by atoms with van der Waals surface area (Å²) in [5.41, 5.74) is 1.25. The Hall–Kier alpha value is -1.40. The molecule has 1 aromatic carbocycles. The lowest BCUT2D eigenvalue weighted by Gasteiger charge is -2.42. The van der Waals surface area contributed by atoms with Crippen LogP contribution in [0, 0.1) is 0 Å². The Morgan fingerprint density at radius 1 is 1.15 bits per heavy atom. The summed E-state index contributed by atoms with van der Waals surface area (Å²) in [5.74, 6) is 1.19. The van der Waals surface area contributed by atoms with Crippen molar-refractivity contribution in [2.75, 3.05) is 56.2 Å². The highest BCUT2D eigenvalue weighted by Crippen LogP contribution is 2.19. The highest BCUT2D eigenvalue weighted by molar-refractivity contribution is 7.98. The fourth-order valence-corrected chi connectivity index (χ4v) is 4.35. The van der Waals surface area contributed by atoms with Gasteiger partial charge >= 0.3 is 6.03 Å². The van der Waals surface area contributed by atoms with Crippen molar-refractivity contribution < 1.29 is 4.79 Å². The third-order valence-corrected chi connectivity index (χ3v) is 6.13. The van der Waals surface area contributed by atoms with Gasteiger partial charge in [-0.2, -0.15) is 11.8 Å². The van der Waals surface area contributed by atoms with E-state index in [9.17, 15) is 4.79 Å². The van der Waals surface area contributed by atoms with E-state index >= 15 is 0 Å². The molecule has 2 heterocycles. The fraction of sp³-hybridized carbons (Fsp3) is 0.650. The Kier molecular flexibility index (Phi) is 7.08. The number of hydrogen-bond acceptors (Lipinski definition) is 4. The van der Waals surface area contributed by atoms with E-state index in [1.165, 1.54) is 18.0 Å². The SMILES string of the molecule is CSCCN1CCC(NC(=O)N2CCN(c3ccccc3)CC2C)CC1. The van der Waals surface area contributed by atoms with Crippen LogP contribution in [0.2, 0.25) is 0 Å². The van der Waals surface area contributed by atoms with Gasteiger partial charge in [0.15, 0.2) is 0 Å². The molecule has 0 saturated carbocycles. The Morgan fingerprint density at radius 3 is 2.54 bits per heavy atom. The zero-order valence-corrected chi connectivity index (χ0v) is 16.9. The van der Waals surface area contributed by atoms with Gasteiger partial charge in [0.1, 0.15) is 0 Å². The number of carbonyl (C=O) groups excluding carboxylic acids is 1. The van der Waals surface area contributed by atoms with E-state index < -0.39 is 0 Å². The lowest BCUT2D eigenvalue weighted by atomic mass is 10.1. The number of nitrogens with one attached hydrogen (secondary N) is 1. The van der Waals surface area contributed by atoms with Crippen LogP contribution in [-0.4, -0.2) is 79.2 Å². The maximum absolute atomic E-state index is 12.8. The number of thioether (sulfide) groups is 1. The van der Waals surface area contributed by atoms with E-state index in [0.717, 1.165) is 45.6 Å². The molecule has 5 nitrogen and oxygen atoms in total. The van der Waals surface area contributed by atoms with Crippen LogP contribution in [-0.2, 0) is 0 Å². The minimum absolute atomic E-state index is 0.118. The lowest BCUT2D eigenvalue weighted by molar-refractivity contribution is 0.156. The van der Waals surface area contributed by atoms with Crippen molar-refractivity contribution >= 4 is 23.5 Å². The lowest BCUT2D eigenvalue weighted by Crippen LogP contribution is -2.58. The van der Waals surface area contributed by atoms with Gasteiger partial charge in [-0.1, -0.05) is 18.2 Å². The molecule has 2 aliphatic heterocycles. The molecule has 0 aliphatic carbocycles. The maximum atomic E-state index is 12.8. The molecule has 0 spiro atoms. The number of rotatable bonds is 5. The largest absolute Gasteiger partial charge is 0.368 e. The van der Waals surface area contributed by atoms with Crippen molar-refractivity contribution in [3.05, 3.63) is 30.3 Å². The fourth-order valence-electron chi connectivity index (χ4n) is 3.91. The first-order chi connectivity index (χ1) is 12.7. The minimum Gasteiger partial charge on any atom is -0.368 e. The van der Waals surface area contributed by atoms with Gasteiger partial charge in [-0.05, 0) is 38.2 Å². The van der Waals surface area contributed by atoms with Crippen molar-refractivity contribution in [2.45, 2.75) is 31.8 Å². The number of para-hydroxylation sites is 1. The summed E-state index contributed by atoms with van der Waals surface area (Å²) >= 11 is 1.90. The Bertz CT molecular complexity index is 562. The summed E-state index contributed by atoms with van der Waals surface area (Å²) in [7, 11) is 0. The summed E-state index contributed by atoms with van der Waals surface area (Å²) in [4.78, 5) is 19.7. The predicted molar refractivity (Wildman–Crippen MR) is 111 cm³/mol. The van der Waals surface area contributed by atoms with Crippen LogP contribution in [0.1, 0.15) is 19.8 Å². The van der Waals surface area contributed by atoms with Gasteiger partial charge in [0.25, 0.3) is 0 Å². The molecule has 6 heteroatoms. The molecule has 2 fully saturated rings. The summed E-state index contributed by atoms with van der Waals surface area (Å²) in [6.07, 6.45) is 4.29. The Balaban J connectivity index is 1.44. The van der Waals surface area contributed by atoms with Crippen LogP contribution in [0.25, 0.3) is 0 Å². The minimum atomic E-state index is 0.118. The second-order valence-corrected chi connectivity index (χ2v) is 8.37. The van der Waals surface area contributed by atoms with Crippen LogP contribution in [0.5, 0.6) is 0 Å². The number of anilines is 1.